The van der Waals surface area contributed by atoms with Crippen molar-refractivity contribution in [2.45, 2.75) is 18.4 Å². The van der Waals surface area contributed by atoms with Crippen LogP contribution >= 0.6 is 0 Å². The Morgan fingerprint density at radius 1 is 1.14 bits per heavy atom. The molecule has 0 unspecified atom stereocenters. The lowest BCUT2D eigenvalue weighted by Crippen LogP contribution is -2.39. The van der Waals surface area contributed by atoms with Crippen molar-refractivity contribution in [2.75, 3.05) is 0 Å². The van der Waals surface area contributed by atoms with Gasteiger partial charge in [-0.2, -0.15) is 0 Å². The number of para-hydroxylation sites is 2. The van der Waals surface area contributed by atoms with E-state index >= 15 is 0 Å². The van der Waals surface area contributed by atoms with Gasteiger partial charge in [0.1, 0.15) is 16.2 Å². The lowest BCUT2D eigenvalue weighted by molar-refractivity contribution is 0.477. The summed E-state index contributed by atoms with van der Waals surface area (Å²) in [6, 6.07) is 13.1. The smallest absolute Gasteiger partial charge is 0.266 e. The average Bonchev–Trinajstić information content (AvgIpc) is 2.68. The molecular formula is C20H17N3O4S. The van der Waals surface area contributed by atoms with Crippen LogP contribution in [0.4, 0.5) is 5.69 Å². The number of fused-ring (bicyclic) bond motifs is 2. The monoisotopic (exact) mass is 395 g/mol. The fourth-order valence-electron chi connectivity index (χ4n) is 3.20. The Labute approximate surface area is 161 Å². The van der Waals surface area contributed by atoms with Crippen LogP contribution in [0.25, 0.3) is 10.9 Å². The average molecular weight is 395 g/mol. The summed E-state index contributed by atoms with van der Waals surface area (Å²) < 4.78 is 29.0. The van der Waals surface area contributed by atoms with Gasteiger partial charge in [0.05, 0.1) is 11.2 Å². The Hall–Kier alpha value is -3.39. The minimum atomic E-state index is -3.91. The number of pyridine rings is 1. The number of allylic oxidation sites excluding steroid dienone is 2. The van der Waals surface area contributed by atoms with E-state index in [0.29, 0.717) is 10.9 Å². The van der Waals surface area contributed by atoms with Crippen molar-refractivity contribution in [1.82, 2.24) is 9.29 Å². The van der Waals surface area contributed by atoms with Gasteiger partial charge in [-0.3, -0.25) is 9.52 Å². The molecule has 0 aliphatic carbocycles. The van der Waals surface area contributed by atoms with Crippen molar-refractivity contribution in [3.63, 3.8) is 0 Å². The van der Waals surface area contributed by atoms with Gasteiger partial charge in [0, 0.05) is 11.9 Å². The molecule has 2 heterocycles. The number of hydrogen-bond acceptors (Lipinski definition) is 5. The van der Waals surface area contributed by atoms with E-state index in [2.05, 4.69) is 9.71 Å². The third kappa shape index (κ3) is 2.78. The Balaban J connectivity index is 2.05. The second-order valence-electron chi connectivity index (χ2n) is 6.26. The fourth-order valence-corrected chi connectivity index (χ4v) is 4.36. The van der Waals surface area contributed by atoms with Crippen molar-refractivity contribution in [3.8, 4) is 5.75 Å². The summed E-state index contributed by atoms with van der Waals surface area (Å²) in [5, 5.41) is 11.2. The highest BCUT2D eigenvalue weighted by atomic mass is 32.2. The number of benzene rings is 2. The Kier molecular flexibility index (Phi) is 4.27. The van der Waals surface area contributed by atoms with E-state index in [1.165, 1.54) is 10.6 Å². The fraction of sp³-hybridized carbons (Fsp3) is 0.100. The zero-order chi connectivity index (χ0) is 19.9. The predicted molar refractivity (Wildman–Crippen MR) is 108 cm³/mol. The van der Waals surface area contributed by atoms with E-state index in [4.69, 9.17) is 0 Å². The van der Waals surface area contributed by atoms with E-state index < -0.39 is 15.6 Å². The van der Waals surface area contributed by atoms with Gasteiger partial charge in [-0.05, 0) is 31.2 Å². The van der Waals surface area contributed by atoms with Gasteiger partial charge in [0.15, 0.2) is 5.84 Å². The number of aromatic hydroxyl groups is 1. The van der Waals surface area contributed by atoms with Crippen LogP contribution in [-0.2, 0) is 16.6 Å². The number of sulfonamides is 1. The highest BCUT2D eigenvalue weighted by Crippen LogP contribution is 2.31. The number of hydrogen-bond donors (Lipinski definition) is 2. The van der Waals surface area contributed by atoms with Crippen LogP contribution in [-0.4, -0.2) is 23.9 Å². The van der Waals surface area contributed by atoms with E-state index in [0.717, 1.165) is 0 Å². The molecule has 0 spiro atoms. The molecule has 1 aliphatic rings. The third-order valence-electron chi connectivity index (χ3n) is 4.52. The molecule has 0 amide bonds. The van der Waals surface area contributed by atoms with Crippen molar-refractivity contribution >= 4 is 32.4 Å². The molecule has 4 rings (SSSR count). The molecule has 8 heteroatoms. The summed E-state index contributed by atoms with van der Waals surface area (Å²) in [5.74, 6) is -0.501. The maximum atomic E-state index is 13.2. The van der Waals surface area contributed by atoms with Crippen molar-refractivity contribution in [1.29, 1.82) is 0 Å². The van der Waals surface area contributed by atoms with Gasteiger partial charge < -0.3 is 9.67 Å². The summed E-state index contributed by atoms with van der Waals surface area (Å²) in [6.45, 7) is 2.12. The Bertz CT molecular complexity index is 1320. The lowest BCUT2D eigenvalue weighted by atomic mass is 10.1. The van der Waals surface area contributed by atoms with Crippen molar-refractivity contribution < 1.29 is 13.5 Å². The molecule has 2 N–H and O–H groups in total. The summed E-state index contributed by atoms with van der Waals surface area (Å²) in [6.07, 6.45) is 3.61. The van der Waals surface area contributed by atoms with Gasteiger partial charge in [0.25, 0.3) is 15.6 Å². The van der Waals surface area contributed by atoms with Crippen LogP contribution in [0.2, 0.25) is 0 Å². The number of amidine groups is 1. The first-order chi connectivity index (χ1) is 13.4. The molecule has 1 aliphatic heterocycles. The Morgan fingerprint density at radius 3 is 2.64 bits per heavy atom. The number of rotatable bonds is 3. The van der Waals surface area contributed by atoms with E-state index in [-0.39, 0.29) is 34.3 Å². The minimum absolute atomic E-state index is 0.0215. The highest BCUT2D eigenvalue weighted by Gasteiger charge is 2.29. The molecule has 0 saturated carbocycles. The van der Waals surface area contributed by atoms with Crippen molar-refractivity contribution in [3.05, 3.63) is 76.6 Å². The number of nitrogens with zero attached hydrogens (tertiary/aromatic N) is 2. The molecule has 3 aromatic rings. The summed E-state index contributed by atoms with van der Waals surface area (Å²) >= 11 is 0. The molecule has 0 atom stereocenters. The van der Waals surface area contributed by atoms with Crippen LogP contribution in [0.3, 0.4) is 0 Å². The minimum Gasteiger partial charge on any atom is -0.506 e. The second kappa shape index (κ2) is 6.65. The van der Waals surface area contributed by atoms with Gasteiger partial charge in [-0.15, -0.1) is 0 Å². The maximum Gasteiger partial charge on any atom is 0.266 e. The van der Waals surface area contributed by atoms with Crippen LogP contribution in [0.5, 0.6) is 5.75 Å². The molecule has 0 radical (unpaired) electrons. The van der Waals surface area contributed by atoms with Crippen LogP contribution in [0.15, 0.2) is 75.4 Å². The van der Waals surface area contributed by atoms with Crippen LogP contribution < -0.4 is 10.3 Å². The molecule has 0 saturated heterocycles. The van der Waals surface area contributed by atoms with Crippen molar-refractivity contribution in [2.24, 2.45) is 4.99 Å². The van der Waals surface area contributed by atoms with Gasteiger partial charge in [0.2, 0.25) is 0 Å². The topological polar surface area (TPSA) is 101 Å². The molecule has 1 aromatic heterocycles. The summed E-state index contributed by atoms with van der Waals surface area (Å²) in [4.78, 5) is 17.5. The van der Waals surface area contributed by atoms with Gasteiger partial charge in [-0.25, -0.2) is 13.4 Å². The van der Waals surface area contributed by atoms with E-state index in [1.54, 1.807) is 48.5 Å². The molecule has 28 heavy (non-hydrogen) atoms. The quantitative estimate of drug-likeness (QED) is 0.666. The maximum absolute atomic E-state index is 13.2. The molecule has 2 aromatic carbocycles. The molecule has 142 valence electrons. The van der Waals surface area contributed by atoms with Crippen LogP contribution in [0, 0.1) is 0 Å². The molecular weight excluding hydrogens is 378 g/mol. The first-order valence-electron chi connectivity index (χ1n) is 8.60. The number of aromatic nitrogens is 1. The standard InChI is InChI=1S/C20H17N3O4S/c1-2-3-12-23-15-10-6-4-8-13(15)18(24)17(20(23)25)19-21-14-9-5-7-11-16(14)28(26,27)22-19/h2-11,24H,12H2,1H3,(H,21,22). The van der Waals surface area contributed by atoms with E-state index in [1.807, 2.05) is 13.0 Å². The first-order valence-corrected chi connectivity index (χ1v) is 10.1. The van der Waals surface area contributed by atoms with Gasteiger partial charge in [-0.1, -0.05) is 36.4 Å². The Morgan fingerprint density at radius 2 is 1.86 bits per heavy atom. The summed E-state index contributed by atoms with van der Waals surface area (Å²) in [7, 11) is -3.91. The SMILES string of the molecule is CC=CCn1c(=O)c(C2=Nc3ccccc3S(=O)(=O)N2)c(O)c2ccccc21. The predicted octanol–water partition coefficient (Wildman–Crippen LogP) is 2.65. The molecule has 0 bridgehead atoms. The second-order valence-corrected chi connectivity index (χ2v) is 7.91. The van der Waals surface area contributed by atoms with Crippen LogP contribution in [0.1, 0.15) is 12.5 Å². The van der Waals surface area contributed by atoms with Gasteiger partial charge >= 0.3 is 0 Å². The molecule has 0 fully saturated rings. The first kappa shape index (κ1) is 18.0. The normalized spacial score (nSPS) is 15.2. The van der Waals surface area contributed by atoms with E-state index in [9.17, 15) is 18.3 Å². The lowest BCUT2D eigenvalue weighted by Gasteiger charge is -2.20. The largest absolute Gasteiger partial charge is 0.506 e. The zero-order valence-electron chi connectivity index (χ0n) is 15.0. The third-order valence-corrected chi connectivity index (χ3v) is 5.91. The zero-order valence-corrected chi connectivity index (χ0v) is 15.8. The number of nitrogens with one attached hydrogen (secondary N) is 1. The summed E-state index contributed by atoms with van der Waals surface area (Å²) in [5.41, 5.74) is 0.0474. The number of aliphatic imine (C=N–C) groups is 1. The molecule has 7 nitrogen and oxygen atoms in total. The highest BCUT2D eigenvalue weighted by molar-refractivity contribution is 7.90.